The molecule has 112 valence electrons. The second-order valence-electron chi connectivity index (χ2n) is 5.46. The standard InChI is InChI=1S/C17H24N4/c1-4-18-17(20-11-13(2)3)21-12-14-9-10-19-16-8-6-5-7-15(14)16/h5-10,13H,4,11-12H2,1-3H3,(H2,18,20,21). The van der Waals surface area contributed by atoms with Crippen LogP contribution in [0.2, 0.25) is 0 Å². The van der Waals surface area contributed by atoms with Crippen LogP contribution in [0.25, 0.3) is 10.9 Å². The van der Waals surface area contributed by atoms with Crippen molar-refractivity contribution in [1.82, 2.24) is 15.6 Å². The average Bonchev–Trinajstić information content (AvgIpc) is 2.50. The quantitative estimate of drug-likeness (QED) is 0.655. The van der Waals surface area contributed by atoms with Gasteiger partial charge in [0, 0.05) is 24.7 Å². The van der Waals surface area contributed by atoms with Crippen LogP contribution in [0.1, 0.15) is 26.3 Å². The summed E-state index contributed by atoms with van der Waals surface area (Å²) in [6, 6.07) is 10.2. The largest absolute Gasteiger partial charge is 0.357 e. The number of guanidine groups is 1. The Morgan fingerprint density at radius 1 is 1.19 bits per heavy atom. The van der Waals surface area contributed by atoms with Crippen LogP contribution in [0.4, 0.5) is 0 Å². The van der Waals surface area contributed by atoms with E-state index in [1.807, 2.05) is 30.5 Å². The number of nitrogens with zero attached hydrogens (tertiary/aromatic N) is 2. The number of pyridine rings is 1. The highest BCUT2D eigenvalue weighted by Crippen LogP contribution is 2.16. The van der Waals surface area contributed by atoms with Gasteiger partial charge in [-0.15, -0.1) is 0 Å². The van der Waals surface area contributed by atoms with E-state index in [0.29, 0.717) is 12.5 Å². The minimum atomic E-state index is 0.593. The molecule has 0 amide bonds. The Balaban J connectivity index is 2.15. The van der Waals surface area contributed by atoms with Crippen molar-refractivity contribution in [3.8, 4) is 0 Å². The zero-order chi connectivity index (χ0) is 15.1. The predicted molar refractivity (Wildman–Crippen MR) is 89.4 cm³/mol. The summed E-state index contributed by atoms with van der Waals surface area (Å²) in [5, 5.41) is 7.81. The number of rotatable bonds is 5. The summed E-state index contributed by atoms with van der Waals surface area (Å²) < 4.78 is 0. The third-order valence-electron chi connectivity index (χ3n) is 3.17. The van der Waals surface area contributed by atoms with Crippen molar-refractivity contribution >= 4 is 16.9 Å². The molecule has 0 atom stereocenters. The van der Waals surface area contributed by atoms with E-state index in [9.17, 15) is 0 Å². The first-order valence-corrected chi connectivity index (χ1v) is 7.55. The lowest BCUT2D eigenvalue weighted by Crippen LogP contribution is -2.39. The van der Waals surface area contributed by atoms with Crippen LogP contribution in [0, 0.1) is 5.92 Å². The van der Waals surface area contributed by atoms with E-state index in [4.69, 9.17) is 0 Å². The summed E-state index contributed by atoms with van der Waals surface area (Å²) in [4.78, 5) is 9.06. The van der Waals surface area contributed by atoms with Crippen molar-refractivity contribution in [2.24, 2.45) is 10.9 Å². The van der Waals surface area contributed by atoms with Gasteiger partial charge >= 0.3 is 0 Å². The first kappa shape index (κ1) is 15.3. The maximum atomic E-state index is 4.67. The lowest BCUT2D eigenvalue weighted by Gasteiger charge is -2.13. The molecule has 0 aliphatic rings. The fraction of sp³-hybridized carbons (Fsp3) is 0.412. The van der Waals surface area contributed by atoms with Crippen LogP contribution in [-0.2, 0) is 6.54 Å². The number of aliphatic imine (C=N–C) groups is 1. The van der Waals surface area contributed by atoms with Gasteiger partial charge < -0.3 is 10.6 Å². The zero-order valence-electron chi connectivity index (χ0n) is 13.1. The van der Waals surface area contributed by atoms with Gasteiger partial charge in [0.15, 0.2) is 5.96 Å². The fourth-order valence-corrected chi connectivity index (χ4v) is 2.10. The normalized spacial score (nSPS) is 11.9. The summed E-state index contributed by atoms with van der Waals surface area (Å²) in [6.45, 7) is 8.88. The fourth-order valence-electron chi connectivity index (χ4n) is 2.10. The van der Waals surface area contributed by atoms with E-state index in [2.05, 4.69) is 47.4 Å². The number of para-hydroxylation sites is 1. The van der Waals surface area contributed by atoms with E-state index >= 15 is 0 Å². The van der Waals surface area contributed by atoms with Crippen molar-refractivity contribution in [2.45, 2.75) is 27.3 Å². The second kappa shape index (κ2) is 7.62. The molecule has 0 spiro atoms. The van der Waals surface area contributed by atoms with Gasteiger partial charge in [0.25, 0.3) is 0 Å². The summed E-state index contributed by atoms with van der Waals surface area (Å²) in [6.07, 6.45) is 1.85. The molecule has 4 nitrogen and oxygen atoms in total. The van der Waals surface area contributed by atoms with Crippen molar-refractivity contribution in [1.29, 1.82) is 0 Å². The molecule has 2 rings (SSSR count). The molecule has 1 aromatic heterocycles. The van der Waals surface area contributed by atoms with Gasteiger partial charge in [-0.25, -0.2) is 4.99 Å². The highest BCUT2D eigenvalue weighted by molar-refractivity contribution is 5.83. The number of nitrogens with one attached hydrogen (secondary N) is 2. The third-order valence-corrected chi connectivity index (χ3v) is 3.17. The van der Waals surface area contributed by atoms with E-state index in [0.717, 1.165) is 24.6 Å². The molecule has 1 heterocycles. The smallest absolute Gasteiger partial charge is 0.191 e. The second-order valence-corrected chi connectivity index (χ2v) is 5.46. The van der Waals surface area contributed by atoms with Gasteiger partial charge in [0.1, 0.15) is 0 Å². The van der Waals surface area contributed by atoms with E-state index in [1.54, 1.807) is 0 Å². The molecule has 0 saturated heterocycles. The van der Waals surface area contributed by atoms with Crippen molar-refractivity contribution < 1.29 is 0 Å². The third kappa shape index (κ3) is 4.45. The number of aromatic nitrogens is 1. The lowest BCUT2D eigenvalue weighted by atomic mass is 10.1. The van der Waals surface area contributed by atoms with E-state index in [-0.39, 0.29) is 0 Å². The van der Waals surface area contributed by atoms with Crippen LogP contribution in [0.5, 0.6) is 0 Å². The number of fused-ring (bicyclic) bond motifs is 1. The summed E-state index contributed by atoms with van der Waals surface area (Å²) in [5.41, 5.74) is 2.22. The van der Waals surface area contributed by atoms with E-state index < -0.39 is 0 Å². The molecule has 0 unspecified atom stereocenters. The molecule has 0 aliphatic carbocycles. The van der Waals surface area contributed by atoms with Crippen molar-refractivity contribution in [3.63, 3.8) is 0 Å². The van der Waals surface area contributed by atoms with Crippen LogP contribution in [-0.4, -0.2) is 24.0 Å². The van der Waals surface area contributed by atoms with Crippen LogP contribution in [0.15, 0.2) is 41.5 Å². The van der Waals surface area contributed by atoms with Gasteiger partial charge in [0.2, 0.25) is 0 Å². The molecule has 2 N–H and O–H groups in total. The Kier molecular flexibility index (Phi) is 5.55. The monoisotopic (exact) mass is 284 g/mol. The molecule has 0 radical (unpaired) electrons. The van der Waals surface area contributed by atoms with Gasteiger partial charge in [0.05, 0.1) is 12.1 Å². The Hall–Kier alpha value is -2.10. The average molecular weight is 284 g/mol. The minimum absolute atomic E-state index is 0.593. The van der Waals surface area contributed by atoms with Gasteiger partial charge in [-0.2, -0.15) is 0 Å². The van der Waals surface area contributed by atoms with Crippen LogP contribution < -0.4 is 10.6 Å². The molecule has 0 bridgehead atoms. The molecule has 2 aromatic rings. The van der Waals surface area contributed by atoms with E-state index in [1.165, 1.54) is 10.9 Å². The molecule has 0 fully saturated rings. The van der Waals surface area contributed by atoms with Crippen LogP contribution >= 0.6 is 0 Å². The first-order valence-electron chi connectivity index (χ1n) is 7.55. The van der Waals surface area contributed by atoms with Gasteiger partial charge in [-0.05, 0) is 30.5 Å². The molecular formula is C17H24N4. The number of hydrogen-bond acceptors (Lipinski definition) is 2. The first-order chi connectivity index (χ1) is 10.2. The Morgan fingerprint density at radius 2 is 2.00 bits per heavy atom. The Morgan fingerprint density at radius 3 is 2.76 bits per heavy atom. The SMILES string of the molecule is CCNC(=NCc1ccnc2ccccc12)NCC(C)C. The van der Waals surface area contributed by atoms with Crippen molar-refractivity contribution in [2.75, 3.05) is 13.1 Å². The summed E-state index contributed by atoms with van der Waals surface area (Å²) in [7, 11) is 0. The number of benzene rings is 1. The summed E-state index contributed by atoms with van der Waals surface area (Å²) >= 11 is 0. The molecule has 4 heteroatoms. The van der Waals surface area contributed by atoms with Gasteiger partial charge in [-0.1, -0.05) is 32.0 Å². The summed E-state index contributed by atoms with van der Waals surface area (Å²) in [5.74, 6) is 1.46. The van der Waals surface area contributed by atoms with Gasteiger partial charge in [-0.3, -0.25) is 4.98 Å². The molecular weight excluding hydrogens is 260 g/mol. The molecule has 0 aliphatic heterocycles. The number of hydrogen-bond donors (Lipinski definition) is 2. The maximum Gasteiger partial charge on any atom is 0.191 e. The maximum absolute atomic E-state index is 4.67. The molecule has 21 heavy (non-hydrogen) atoms. The highest BCUT2D eigenvalue weighted by atomic mass is 15.2. The predicted octanol–water partition coefficient (Wildman–Crippen LogP) is 2.95. The Bertz CT molecular complexity index is 599. The molecule has 1 aromatic carbocycles. The topological polar surface area (TPSA) is 49.3 Å². The molecule has 0 saturated carbocycles. The zero-order valence-corrected chi connectivity index (χ0v) is 13.1. The lowest BCUT2D eigenvalue weighted by molar-refractivity contribution is 0.615. The van der Waals surface area contributed by atoms with Crippen LogP contribution in [0.3, 0.4) is 0 Å². The minimum Gasteiger partial charge on any atom is -0.357 e. The van der Waals surface area contributed by atoms with Crippen molar-refractivity contribution in [3.05, 3.63) is 42.1 Å². The Labute approximate surface area is 126 Å². The highest BCUT2D eigenvalue weighted by Gasteiger charge is 2.02.